The second kappa shape index (κ2) is 13.8. The predicted molar refractivity (Wildman–Crippen MR) is 161 cm³/mol. The van der Waals surface area contributed by atoms with E-state index in [4.69, 9.17) is 11.6 Å². The summed E-state index contributed by atoms with van der Waals surface area (Å²) < 4.78 is 29.1. The summed E-state index contributed by atoms with van der Waals surface area (Å²) >= 11 is 6.08. The molecule has 0 saturated heterocycles. The number of para-hydroxylation sites is 1. The van der Waals surface area contributed by atoms with E-state index in [-0.39, 0.29) is 23.4 Å². The first kappa shape index (κ1) is 31.2. The van der Waals surface area contributed by atoms with E-state index in [1.165, 1.54) is 4.90 Å². The number of halogens is 1. The van der Waals surface area contributed by atoms with E-state index in [0.717, 1.165) is 21.9 Å². The number of anilines is 1. The molecule has 2 unspecified atom stereocenters. The highest BCUT2D eigenvalue weighted by Crippen LogP contribution is 2.28. The molecular weight excluding hydrogens is 546 g/mol. The zero-order chi connectivity index (χ0) is 29.4. The van der Waals surface area contributed by atoms with Crippen molar-refractivity contribution in [3.8, 4) is 0 Å². The van der Waals surface area contributed by atoms with E-state index in [0.29, 0.717) is 22.7 Å². The predicted octanol–water partition coefficient (Wildman–Crippen LogP) is 5.87. The molecule has 7 nitrogen and oxygen atoms in total. The van der Waals surface area contributed by atoms with Crippen LogP contribution >= 0.6 is 11.6 Å². The second-order valence-corrected chi connectivity index (χ2v) is 12.3. The highest BCUT2D eigenvalue weighted by atomic mass is 35.5. The van der Waals surface area contributed by atoms with Gasteiger partial charge in [0.05, 0.1) is 10.6 Å². The van der Waals surface area contributed by atoms with Crippen LogP contribution in [0.3, 0.4) is 0 Å². The van der Waals surface area contributed by atoms with Crippen molar-refractivity contribution in [3.63, 3.8) is 0 Å². The monoisotopic (exact) mass is 583 g/mol. The Hall–Kier alpha value is -3.36. The van der Waals surface area contributed by atoms with E-state index in [2.05, 4.69) is 5.32 Å². The molecule has 3 aromatic carbocycles. The number of hydrogen-bond donors (Lipinski definition) is 1. The van der Waals surface area contributed by atoms with Gasteiger partial charge in [0.25, 0.3) is 10.0 Å². The van der Waals surface area contributed by atoms with Crippen molar-refractivity contribution in [2.75, 3.05) is 10.8 Å². The molecule has 3 rings (SSSR count). The number of nitrogens with zero attached hydrogens (tertiary/aromatic N) is 2. The van der Waals surface area contributed by atoms with Crippen LogP contribution in [0.4, 0.5) is 5.69 Å². The van der Waals surface area contributed by atoms with Crippen LogP contribution in [0.2, 0.25) is 5.02 Å². The van der Waals surface area contributed by atoms with Gasteiger partial charge in [0.1, 0.15) is 12.6 Å². The number of hydrogen-bond acceptors (Lipinski definition) is 4. The average Bonchev–Trinajstić information content (AvgIpc) is 2.93. The van der Waals surface area contributed by atoms with E-state index in [1.54, 1.807) is 73.7 Å². The maximum Gasteiger partial charge on any atom is 0.264 e. The fraction of sp³-hybridized carbons (Fsp3) is 0.355. The summed E-state index contributed by atoms with van der Waals surface area (Å²) in [4.78, 5) is 29.0. The number of sulfonamides is 1. The summed E-state index contributed by atoms with van der Waals surface area (Å²) in [5.41, 5.74) is 2.80. The largest absolute Gasteiger partial charge is 0.352 e. The molecule has 0 bridgehead atoms. The maximum absolute atomic E-state index is 14.1. The Kier molecular flexibility index (Phi) is 10.8. The van der Waals surface area contributed by atoms with Gasteiger partial charge in [-0.2, -0.15) is 0 Å². The van der Waals surface area contributed by atoms with Crippen molar-refractivity contribution in [3.05, 3.63) is 94.5 Å². The van der Waals surface area contributed by atoms with Crippen molar-refractivity contribution in [2.45, 2.75) is 71.0 Å². The molecule has 2 amide bonds. The lowest BCUT2D eigenvalue weighted by molar-refractivity contribution is -0.140. The minimum absolute atomic E-state index is 0.0700. The molecule has 2 atom stereocenters. The molecule has 0 aliphatic carbocycles. The third-order valence-corrected chi connectivity index (χ3v) is 8.95. The van der Waals surface area contributed by atoms with Crippen LogP contribution in [-0.2, 0) is 26.2 Å². The molecule has 214 valence electrons. The number of rotatable bonds is 12. The number of nitrogens with one attached hydrogen (secondary N) is 1. The number of aryl methyl sites for hydroxylation is 2. The standard InChI is InChI=1S/C31H38ClN3O4S/c1-6-24(5)33-31(37)28(7-2)34(20-25-14-16-26(32)17-15-25)30(36)21-35(29-11-9-8-10-23(29)4)40(38,39)27-18-12-22(3)13-19-27/h8-19,24,28H,6-7,20-21H2,1-5H3,(H,33,37). The molecule has 0 fully saturated rings. The van der Waals surface area contributed by atoms with Gasteiger partial charge in [-0.25, -0.2) is 8.42 Å². The van der Waals surface area contributed by atoms with E-state index >= 15 is 0 Å². The molecule has 9 heteroatoms. The topological polar surface area (TPSA) is 86.8 Å². The van der Waals surface area contributed by atoms with Gasteiger partial charge < -0.3 is 10.2 Å². The van der Waals surface area contributed by atoms with Gasteiger partial charge in [-0.3, -0.25) is 13.9 Å². The number of carbonyl (C=O) groups excluding carboxylic acids is 2. The van der Waals surface area contributed by atoms with Gasteiger partial charge in [-0.05, 0) is 75.1 Å². The van der Waals surface area contributed by atoms with E-state index < -0.39 is 28.5 Å². The van der Waals surface area contributed by atoms with Gasteiger partial charge >= 0.3 is 0 Å². The van der Waals surface area contributed by atoms with Crippen molar-refractivity contribution in [1.29, 1.82) is 0 Å². The van der Waals surface area contributed by atoms with Crippen molar-refractivity contribution in [1.82, 2.24) is 10.2 Å². The molecule has 3 aromatic rings. The molecule has 0 aliphatic rings. The van der Waals surface area contributed by atoms with E-state index in [9.17, 15) is 18.0 Å². The van der Waals surface area contributed by atoms with Crippen LogP contribution in [0.15, 0.2) is 77.7 Å². The first-order chi connectivity index (χ1) is 19.0. The summed E-state index contributed by atoms with van der Waals surface area (Å²) in [6.07, 6.45) is 1.10. The molecule has 0 saturated carbocycles. The maximum atomic E-state index is 14.1. The quantitative estimate of drug-likeness (QED) is 0.289. The van der Waals surface area contributed by atoms with Crippen LogP contribution in [0.5, 0.6) is 0 Å². The van der Waals surface area contributed by atoms with Crippen LogP contribution in [-0.4, -0.2) is 43.8 Å². The SMILES string of the molecule is CCC(C)NC(=O)C(CC)N(Cc1ccc(Cl)cc1)C(=O)CN(c1ccccc1C)S(=O)(=O)c1ccc(C)cc1. The summed E-state index contributed by atoms with van der Waals surface area (Å²) in [7, 11) is -4.11. The smallest absolute Gasteiger partial charge is 0.264 e. The lowest BCUT2D eigenvalue weighted by Crippen LogP contribution is -2.53. The molecule has 0 aromatic heterocycles. The normalized spacial score (nSPS) is 12.8. The zero-order valence-electron chi connectivity index (χ0n) is 23.7. The van der Waals surface area contributed by atoms with Gasteiger partial charge in [-0.15, -0.1) is 0 Å². The fourth-order valence-electron chi connectivity index (χ4n) is 4.34. The molecule has 0 aliphatic heterocycles. The van der Waals surface area contributed by atoms with E-state index in [1.807, 2.05) is 33.8 Å². The molecule has 0 radical (unpaired) electrons. The van der Waals surface area contributed by atoms with Crippen LogP contribution < -0.4 is 9.62 Å². The first-order valence-corrected chi connectivity index (χ1v) is 15.3. The Morgan fingerprint density at radius 2 is 1.52 bits per heavy atom. The van der Waals surface area contributed by atoms with Crippen molar-refractivity contribution >= 4 is 39.1 Å². The zero-order valence-corrected chi connectivity index (χ0v) is 25.3. The first-order valence-electron chi connectivity index (χ1n) is 13.5. The Balaban J connectivity index is 2.06. The Morgan fingerprint density at radius 3 is 2.10 bits per heavy atom. The lowest BCUT2D eigenvalue weighted by Gasteiger charge is -2.34. The third-order valence-electron chi connectivity index (χ3n) is 6.93. The third kappa shape index (κ3) is 7.64. The molecule has 40 heavy (non-hydrogen) atoms. The fourth-order valence-corrected chi connectivity index (χ4v) is 5.95. The summed E-state index contributed by atoms with van der Waals surface area (Å²) in [6, 6.07) is 19.8. The summed E-state index contributed by atoms with van der Waals surface area (Å²) in [6.45, 7) is 9.05. The minimum Gasteiger partial charge on any atom is -0.352 e. The van der Waals surface area contributed by atoms with Gasteiger partial charge in [0.2, 0.25) is 11.8 Å². The second-order valence-electron chi connectivity index (χ2n) is 10.0. The van der Waals surface area contributed by atoms with Crippen LogP contribution in [0.25, 0.3) is 0 Å². The molecule has 0 heterocycles. The van der Waals surface area contributed by atoms with Gasteiger partial charge in [0, 0.05) is 17.6 Å². The van der Waals surface area contributed by atoms with Gasteiger partial charge in [0.15, 0.2) is 0 Å². The highest BCUT2D eigenvalue weighted by molar-refractivity contribution is 7.92. The average molecular weight is 584 g/mol. The summed E-state index contributed by atoms with van der Waals surface area (Å²) in [5, 5.41) is 3.53. The Morgan fingerprint density at radius 1 is 0.900 bits per heavy atom. The molecule has 0 spiro atoms. The van der Waals surface area contributed by atoms with Crippen LogP contribution in [0.1, 0.15) is 50.3 Å². The van der Waals surface area contributed by atoms with Crippen molar-refractivity contribution < 1.29 is 18.0 Å². The number of carbonyl (C=O) groups is 2. The molecule has 1 N–H and O–H groups in total. The Labute approximate surface area is 243 Å². The van der Waals surface area contributed by atoms with Crippen molar-refractivity contribution in [2.24, 2.45) is 0 Å². The minimum atomic E-state index is -4.11. The summed E-state index contributed by atoms with van der Waals surface area (Å²) in [5.74, 6) is -0.761. The Bertz CT molecular complexity index is 1410. The van der Waals surface area contributed by atoms with Crippen LogP contribution in [0, 0.1) is 13.8 Å². The van der Waals surface area contributed by atoms with Gasteiger partial charge in [-0.1, -0.05) is 73.5 Å². The number of amides is 2. The number of benzene rings is 3. The molecular formula is C31H38ClN3O4S. The lowest BCUT2D eigenvalue weighted by atomic mass is 10.1. The highest BCUT2D eigenvalue weighted by Gasteiger charge is 2.34.